The molecule has 0 atom stereocenters. The van der Waals surface area contributed by atoms with Gasteiger partial charge in [-0.2, -0.15) is 0 Å². The summed E-state index contributed by atoms with van der Waals surface area (Å²) in [6.45, 7) is 5.20. The molecule has 0 amide bonds. The molecule has 1 aliphatic rings. The van der Waals surface area contributed by atoms with Gasteiger partial charge in [0, 0.05) is 44.5 Å². The zero-order valence-electron chi connectivity index (χ0n) is 15.1. The van der Waals surface area contributed by atoms with Crippen LogP contribution in [0.25, 0.3) is 11.3 Å². The number of nitrogens with zero attached hydrogens (tertiary/aromatic N) is 2. The summed E-state index contributed by atoms with van der Waals surface area (Å²) in [5, 5.41) is 3.38. The summed E-state index contributed by atoms with van der Waals surface area (Å²) >= 11 is 0. The van der Waals surface area contributed by atoms with E-state index in [-0.39, 0.29) is 5.82 Å². The second-order valence-corrected chi connectivity index (χ2v) is 6.66. The molecule has 5 heteroatoms. The van der Waals surface area contributed by atoms with E-state index in [1.165, 1.54) is 17.7 Å². The number of halogens is 1. The normalized spacial score (nSPS) is 14.9. The molecule has 0 unspecified atom stereocenters. The number of piperazine rings is 1. The van der Waals surface area contributed by atoms with E-state index in [0.717, 1.165) is 44.0 Å². The highest BCUT2D eigenvalue weighted by atomic mass is 19.1. The SMILES string of the molecule is Fc1ccc(Oc2ccc(-c3cc(CN4CCNCC4)ccn3)cc2)cc1. The molecule has 2 aromatic carbocycles. The number of aromatic nitrogens is 1. The fourth-order valence-corrected chi connectivity index (χ4v) is 3.19. The van der Waals surface area contributed by atoms with Crippen molar-refractivity contribution in [3.05, 3.63) is 78.2 Å². The molecule has 27 heavy (non-hydrogen) atoms. The molecule has 1 saturated heterocycles. The van der Waals surface area contributed by atoms with E-state index in [2.05, 4.69) is 27.3 Å². The smallest absolute Gasteiger partial charge is 0.127 e. The van der Waals surface area contributed by atoms with Crippen molar-refractivity contribution in [1.82, 2.24) is 15.2 Å². The Bertz CT molecular complexity index is 875. The van der Waals surface area contributed by atoms with Crippen LogP contribution in [0.15, 0.2) is 66.9 Å². The summed E-state index contributed by atoms with van der Waals surface area (Å²) in [4.78, 5) is 6.97. The van der Waals surface area contributed by atoms with Crippen molar-refractivity contribution in [3.63, 3.8) is 0 Å². The van der Waals surface area contributed by atoms with Crippen LogP contribution in [0.2, 0.25) is 0 Å². The molecule has 3 aromatic rings. The summed E-state index contributed by atoms with van der Waals surface area (Å²) < 4.78 is 18.7. The third-order valence-corrected chi connectivity index (χ3v) is 4.64. The van der Waals surface area contributed by atoms with Crippen LogP contribution in [0.5, 0.6) is 11.5 Å². The first-order valence-corrected chi connectivity index (χ1v) is 9.18. The highest BCUT2D eigenvalue weighted by Gasteiger charge is 2.10. The predicted molar refractivity (Wildman–Crippen MR) is 104 cm³/mol. The van der Waals surface area contributed by atoms with Crippen LogP contribution >= 0.6 is 0 Å². The maximum Gasteiger partial charge on any atom is 0.127 e. The molecule has 1 aromatic heterocycles. The van der Waals surface area contributed by atoms with Crippen LogP contribution in [0.3, 0.4) is 0 Å². The van der Waals surface area contributed by atoms with Gasteiger partial charge in [-0.3, -0.25) is 9.88 Å². The van der Waals surface area contributed by atoms with Crippen molar-refractivity contribution in [1.29, 1.82) is 0 Å². The standard InChI is InChI=1S/C22H22FN3O/c23-19-3-7-21(8-4-19)27-20-5-1-18(2-6-20)22-15-17(9-10-25-22)16-26-13-11-24-12-14-26/h1-10,15,24H,11-14,16H2. The van der Waals surface area contributed by atoms with Gasteiger partial charge in [0.2, 0.25) is 0 Å². The minimum Gasteiger partial charge on any atom is -0.457 e. The second kappa shape index (κ2) is 8.29. The molecule has 138 valence electrons. The molecule has 0 aliphatic carbocycles. The van der Waals surface area contributed by atoms with Gasteiger partial charge in [-0.25, -0.2) is 4.39 Å². The molecule has 0 radical (unpaired) electrons. The third-order valence-electron chi connectivity index (χ3n) is 4.64. The molecule has 1 fully saturated rings. The Kier molecular flexibility index (Phi) is 5.42. The minimum absolute atomic E-state index is 0.274. The van der Waals surface area contributed by atoms with Crippen molar-refractivity contribution >= 4 is 0 Å². The van der Waals surface area contributed by atoms with Gasteiger partial charge in [0.1, 0.15) is 17.3 Å². The molecule has 2 heterocycles. The summed E-state index contributed by atoms with van der Waals surface area (Å²) in [5.74, 6) is 1.05. The molecule has 0 saturated carbocycles. The third kappa shape index (κ3) is 4.70. The largest absolute Gasteiger partial charge is 0.457 e. The fraction of sp³-hybridized carbons (Fsp3) is 0.227. The van der Waals surface area contributed by atoms with Gasteiger partial charge in [0.05, 0.1) is 5.69 Å². The summed E-state index contributed by atoms with van der Waals surface area (Å²) in [6, 6.07) is 18.0. The molecular formula is C22H22FN3O. The first-order chi connectivity index (χ1) is 13.3. The van der Waals surface area contributed by atoms with Gasteiger partial charge in [0.15, 0.2) is 0 Å². The Morgan fingerprint density at radius 1 is 0.926 bits per heavy atom. The van der Waals surface area contributed by atoms with Gasteiger partial charge in [0.25, 0.3) is 0 Å². The number of hydrogen-bond donors (Lipinski definition) is 1. The van der Waals surface area contributed by atoms with E-state index in [1.807, 2.05) is 30.5 Å². The predicted octanol–water partition coefficient (Wildman–Crippen LogP) is 4.09. The maximum absolute atomic E-state index is 13.0. The van der Waals surface area contributed by atoms with E-state index in [1.54, 1.807) is 12.1 Å². The number of hydrogen-bond acceptors (Lipinski definition) is 4. The lowest BCUT2D eigenvalue weighted by Gasteiger charge is -2.27. The molecule has 4 nitrogen and oxygen atoms in total. The van der Waals surface area contributed by atoms with Crippen LogP contribution in [0.1, 0.15) is 5.56 Å². The first kappa shape index (κ1) is 17.6. The average molecular weight is 363 g/mol. The van der Waals surface area contributed by atoms with Crippen molar-refractivity contribution in [2.24, 2.45) is 0 Å². The van der Waals surface area contributed by atoms with Gasteiger partial charge >= 0.3 is 0 Å². The highest BCUT2D eigenvalue weighted by Crippen LogP contribution is 2.25. The lowest BCUT2D eigenvalue weighted by molar-refractivity contribution is 0.233. The molecule has 0 bridgehead atoms. The average Bonchev–Trinajstić information content (AvgIpc) is 2.71. The number of nitrogens with one attached hydrogen (secondary N) is 1. The summed E-state index contributed by atoms with van der Waals surface area (Å²) in [6.07, 6.45) is 1.87. The lowest BCUT2D eigenvalue weighted by atomic mass is 10.1. The lowest BCUT2D eigenvalue weighted by Crippen LogP contribution is -2.42. The van der Waals surface area contributed by atoms with Crippen LogP contribution in [0, 0.1) is 5.82 Å². The van der Waals surface area contributed by atoms with E-state index in [4.69, 9.17) is 4.74 Å². The summed E-state index contributed by atoms with van der Waals surface area (Å²) in [5.41, 5.74) is 3.27. The number of benzene rings is 2. The molecule has 4 rings (SSSR count). The van der Waals surface area contributed by atoms with Gasteiger partial charge in [-0.05, 0) is 66.2 Å². The molecule has 1 N–H and O–H groups in total. The Hall–Kier alpha value is -2.76. The fourth-order valence-electron chi connectivity index (χ4n) is 3.19. The van der Waals surface area contributed by atoms with Crippen molar-refractivity contribution < 1.29 is 9.13 Å². The van der Waals surface area contributed by atoms with Crippen LogP contribution in [-0.2, 0) is 6.54 Å². The van der Waals surface area contributed by atoms with E-state index < -0.39 is 0 Å². The first-order valence-electron chi connectivity index (χ1n) is 9.18. The number of ether oxygens (including phenoxy) is 1. The highest BCUT2D eigenvalue weighted by molar-refractivity contribution is 5.60. The second-order valence-electron chi connectivity index (χ2n) is 6.66. The van der Waals surface area contributed by atoms with E-state index in [0.29, 0.717) is 11.5 Å². The molecular weight excluding hydrogens is 341 g/mol. The topological polar surface area (TPSA) is 37.4 Å². The monoisotopic (exact) mass is 363 g/mol. The Labute approximate surface area is 158 Å². The summed E-state index contributed by atoms with van der Waals surface area (Å²) in [7, 11) is 0. The van der Waals surface area contributed by atoms with Crippen LogP contribution in [-0.4, -0.2) is 36.1 Å². The molecule has 1 aliphatic heterocycles. The van der Waals surface area contributed by atoms with E-state index >= 15 is 0 Å². The maximum atomic E-state index is 13.0. The van der Waals surface area contributed by atoms with Crippen molar-refractivity contribution in [2.75, 3.05) is 26.2 Å². The zero-order valence-corrected chi connectivity index (χ0v) is 15.1. The Balaban J connectivity index is 1.45. The number of rotatable bonds is 5. The van der Waals surface area contributed by atoms with Gasteiger partial charge < -0.3 is 10.1 Å². The van der Waals surface area contributed by atoms with Crippen molar-refractivity contribution in [2.45, 2.75) is 6.54 Å². The van der Waals surface area contributed by atoms with Crippen molar-refractivity contribution in [3.8, 4) is 22.8 Å². The van der Waals surface area contributed by atoms with Crippen LogP contribution < -0.4 is 10.1 Å². The Morgan fingerprint density at radius 2 is 1.59 bits per heavy atom. The van der Waals surface area contributed by atoms with Crippen LogP contribution in [0.4, 0.5) is 4.39 Å². The molecule has 0 spiro atoms. The van der Waals surface area contributed by atoms with Gasteiger partial charge in [-0.1, -0.05) is 0 Å². The van der Waals surface area contributed by atoms with E-state index in [9.17, 15) is 4.39 Å². The quantitative estimate of drug-likeness (QED) is 0.741. The minimum atomic E-state index is -0.274. The van der Waals surface area contributed by atoms with Gasteiger partial charge in [-0.15, -0.1) is 0 Å². The zero-order chi connectivity index (χ0) is 18.5. The Morgan fingerprint density at radius 3 is 2.30 bits per heavy atom. The number of pyridine rings is 1.